The van der Waals surface area contributed by atoms with Gasteiger partial charge in [0, 0.05) is 16.8 Å². The maximum atomic E-state index is 6.29. The zero-order chi connectivity index (χ0) is 22.0. The number of hydrogen-bond donors (Lipinski definition) is 1. The van der Waals surface area contributed by atoms with Gasteiger partial charge in [-0.2, -0.15) is 0 Å². The first-order valence-corrected chi connectivity index (χ1v) is 10.9. The van der Waals surface area contributed by atoms with E-state index in [1.165, 1.54) is 16.7 Å². The maximum Gasteiger partial charge on any atom is 0.130 e. The van der Waals surface area contributed by atoms with Crippen molar-refractivity contribution in [3.8, 4) is 22.4 Å². The molecule has 0 aliphatic heterocycles. The van der Waals surface area contributed by atoms with E-state index in [0.29, 0.717) is 10.0 Å². The normalized spacial score (nSPS) is 11.9. The maximum absolute atomic E-state index is 6.29. The fourth-order valence-electron chi connectivity index (χ4n) is 3.38. The van der Waals surface area contributed by atoms with Crippen LogP contribution in [-0.2, 0) is 5.41 Å². The highest BCUT2D eigenvalue weighted by Crippen LogP contribution is 2.29. The van der Waals surface area contributed by atoms with E-state index < -0.39 is 0 Å². The zero-order valence-corrected chi connectivity index (χ0v) is 19.3. The van der Waals surface area contributed by atoms with Gasteiger partial charge in [0.1, 0.15) is 5.82 Å². The highest BCUT2D eigenvalue weighted by Gasteiger charge is 2.13. The van der Waals surface area contributed by atoms with Gasteiger partial charge in [0.25, 0.3) is 0 Å². The van der Waals surface area contributed by atoms with Crippen LogP contribution in [-0.4, -0.2) is 9.97 Å². The van der Waals surface area contributed by atoms with Crippen molar-refractivity contribution in [1.29, 1.82) is 0 Å². The minimum atomic E-state index is 0.164. The molecule has 3 aromatic carbocycles. The average Bonchev–Trinajstić information content (AvgIpc) is 3.21. The zero-order valence-electron chi connectivity index (χ0n) is 17.8. The first-order valence-electron chi connectivity index (χ1n) is 10.2. The number of halogens is 2. The summed E-state index contributed by atoms with van der Waals surface area (Å²) in [5.41, 5.74) is 6.68. The van der Waals surface area contributed by atoms with Crippen molar-refractivity contribution in [2.45, 2.75) is 26.2 Å². The number of benzene rings is 3. The van der Waals surface area contributed by atoms with Crippen molar-refractivity contribution >= 4 is 35.4 Å². The predicted octanol–water partition coefficient (Wildman–Crippen LogP) is 8.52. The molecule has 0 aliphatic rings. The van der Waals surface area contributed by atoms with Crippen LogP contribution in [0.25, 0.3) is 34.5 Å². The summed E-state index contributed by atoms with van der Waals surface area (Å²) < 4.78 is 0. The van der Waals surface area contributed by atoms with Gasteiger partial charge in [-0.15, -0.1) is 0 Å². The Balaban J connectivity index is 1.47. The van der Waals surface area contributed by atoms with Crippen LogP contribution in [0.3, 0.4) is 0 Å². The number of hydrogen-bond acceptors (Lipinski definition) is 1. The SMILES string of the molecule is CC(C)(C)c1ccc(-c2ccc(C=Cc3nc(-c4ccc(Cl)cc4Cl)c[nH]3)cc2)cc1. The van der Waals surface area contributed by atoms with Crippen molar-refractivity contribution in [3.63, 3.8) is 0 Å². The Labute approximate surface area is 193 Å². The molecular weight excluding hydrogens is 423 g/mol. The average molecular weight is 447 g/mol. The van der Waals surface area contributed by atoms with Crippen molar-refractivity contribution in [1.82, 2.24) is 9.97 Å². The third kappa shape index (κ3) is 5.10. The standard InChI is InChI=1S/C27H24Cl2N2/c1-27(2,3)21-11-9-20(10-12-21)19-7-4-18(5-8-19)6-15-26-30-17-25(31-26)23-14-13-22(28)16-24(23)29/h4-17H,1-3H3,(H,30,31). The fourth-order valence-corrected chi connectivity index (χ4v) is 3.89. The molecule has 0 atom stereocenters. The van der Waals surface area contributed by atoms with Crippen LogP contribution in [0.1, 0.15) is 37.7 Å². The molecule has 0 unspecified atom stereocenters. The Kier molecular flexibility index (Phi) is 6.04. The Bertz CT molecular complexity index is 1210. The molecule has 0 aliphatic carbocycles. The number of nitrogens with zero attached hydrogens (tertiary/aromatic N) is 1. The predicted molar refractivity (Wildman–Crippen MR) is 134 cm³/mol. The molecule has 4 aromatic rings. The van der Waals surface area contributed by atoms with Crippen LogP contribution in [0.15, 0.2) is 72.9 Å². The Morgan fingerprint density at radius 1 is 0.806 bits per heavy atom. The molecule has 0 bridgehead atoms. The molecule has 1 heterocycles. The second-order valence-corrected chi connectivity index (χ2v) is 9.42. The van der Waals surface area contributed by atoms with Crippen molar-refractivity contribution in [2.24, 2.45) is 0 Å². The van der Waals surface area contributed by atoms with Crippen molar-refractivity contribution in [3.05, 3.63) is 99.9 Å². The van der Waals surface area contributed by atoms with Gasteiger partial charge < -0.3 is 4.98 Å². The molecule has 0 radical (unpaired) electrons. The lowest BCUT2D eigenvalue weighted by Crippen LogP contribution is -2.10. The summed E-state index contributed by atoms with van der Waals surface area (Å²) in [4.78, 5) is 7.79. The Hall–Kier alpha value is -2.81. The topological polar surface area (TPSA) is 28.7 Å². The third-order valence-corrected chi connectivity index (χ3v) is 5.78. The molecule has 2 nitrogen and oxygen atoms in total. The number of aromatic amines is 1. The Morgan fingerprint density at radius 2 is 1.45 bits per heavy atom. The van der Waals surface area contributed by atoms with E-state index in [1.807, 2.05) is 30.5 Å². The summed E-state index contributed by atoms with van der Waals surface area (Å²) in [7, 11) is 0. The van der Waals surface area contributed by atoms with Crippen molar-refractivity contribution < 1.29 is 0 Å². The van der Waals surface area contributed by atoms with Crippen LogP contribution < -0.4 is 0 Å². The number of aromatic nitrogens is 2. The molecule has 4 rings (SSSR count). The summed E-state index contributed by atoms with van der Waals surface area (Å²) in [6, 6.07) is 22.7. The monoisotopic (exact) mass is 446 g/mol. The molecule has 4 heteroatoms. The summed E-state index contributed by atoms with van der Waals surface area (Å²) >= 11 is 12.3. The van der Waals surface area contributed by atoms with E-state index in [1.54, 1.807) is 6.07 Å². The largest absolute Gasteiger partial charge is 0.344 e. The highest BCUT2D eigenvalue weighted by molar-refractivity contribution is 6.36. The van der Waals surface area contributed by atoms with Crippen LogP contribution >= 0.6 is 23.2 Å². The molecule has 0 spiro atoms. The summed E-state index contributed by atoms with van der Waals surface area (Å²) in [5.74, 6) is 0.767. The van der Waals surface area contributed by atoms with Crippen LogP contribution in [0, 0.1) is 0 Å². The van der Waals surface area contributed by atoms with E-state index in [-0.39, 0.29) is 5.41 Å². The smallest absolute Gasteiger partial charge is 0.130 e. The van der Waals surface area contributed by atoms with E-state index in [4.69, 9.17) is 23.2 Å². The van der Waals surface area contributed by atoms with Crippen molar-refractivity contribution in [2.75, 3.05) is 0 Å². The van der Waals surface area contributed by atoms with Gasteiger partial charge in [0.05, 0.1) is 10.7 Å². The second-order valence-electron chi connectivity index (χ2n) is 8.58. The molecule has 156 valence electrons. The molecule has 0 fully saturated rings. The molecular formula is C27H24Cl2N2. The summed E-state index contributed by atoms with van der Waals surface area (Å²) in [6.07, 6.45) is 5.85. The van der Waals surface area contributed by atoms with Crippen LogP contribution in [0.5, 0.6) is 0 Å². The van der Waals surface area contributed by atoms with Gasteiger partial charge in [-0.1, -0.05) is 98.6 Å². The second kappa shape index (κ2) is 8.74. The van der Waals surface area contributed by atoms with E-state index in [9.17, 15) is 0 Å². The van der Waals surface area contributed by atoms with E-state index in [2.05, 4.69) is 79.3 Å². The molecule has 1 aromatic heterocycles. The van der Waals surface area contributed by atoms with Gasteiger partial charge in [-0.05, 0) is 51.9 Å². The number of nitrogens with one attached hydrogen (secondary N) is 1. The van der Waals surface area contributed by atoms with Gasteiger partial charge in [0.2, 0.25) is 0 Å². The lowest BCUT2D eigenvalue weighted by atomic mass is 9.86. The van der Waals surface area contributed by atoms with Crippen LogP contribution in [0.4, 0.5) is 0 Å². The van der Waals surface area contributed by atoms with E-state index in [0.717, 1.165) is 22.6 Å². The summed E-state index contributed by atoms with van der Waals surface area (Å²) in [5, 5.41) is 1.19. The summed E-state index contributed by atoms with van der Waals surface area (Å²) in [6.45, 7) is 6.69. The first-order chi connectivity index (χ1) is 14.8. The van der Waals surface area contributed by atoms with Gasteiger partial charge in [-0.25, -0.2) is 4.98 Å². The number of H-pyrrole nitrogens is 1. The lowest BCUT2D eigenvalue weighted by molar-refractivity contribution is 0.590. The quantitative estimate of drug-likeness (QED) is 0.334. The number of imidazole rings is 1. The molecule has 0 saturated heterocycles. The first kappa shape index (κ1) is 21.4. The fraction of sp³-hybridized carbons (Fsp3) is 0.148. The van der Waals surface area contributed by atoms with Gasteiger partial charge >= 0.3 is 0 Å². The minimum absolute atomic E-state index is 0.164. The molecule has 0 saturated carbocycles. The molecule has 0 amide bonds. The minimum Gasteiger partial charge on any atom is -0.344 e. The van der Waals surface area contributed by atoms with Crippen LogP contribution in [0.2, 0.25) is 10.0 Å². The third-order valence-electron chi connectivity index (χ3n) is 5.23. The van der Waals surface area contributed by atoms with Gasteiger partial charge in [-0.3, -0.25) is 0 Å². The lowest BCUT2D eigenvalue weighted by Gasteiger charge is -2.19. The number of rotatable bonds is 4. The van der Waals surface area contributed by atoms with E-state index >= 15 is 0 Å². The highest BCUT2D eigenvalue weighted by atomic mass is 35.5. The molecule has 31 heavy (non-hydrogen) atoms. The van der Waals surface area contributed by atoms with Gasteiger partial charge in [0.15, 0.2) is 0 Å². The Morgan fingerprint density at radius 3 is 2.06 bits per heavy atom. The molecule has 1 N–H and O–H groups in total.